The van der Waals surface area contributed by atoms with Crippen molar-refractivity contribution in [2.45, 2.75) is 27.2 Å². The molecule has 1 amide bonds. The second-order valence-corrected chi connectivity index (χ2v) is 6.39. The van der Waals surface area contributed by atoms with Crippen LogP contribution in [0.15, 0.2) is 35.9 Å². The third kappa shape index (κ3) is 4.40. The summed E-state index contributed by atoms with van der Waals surface area (Å²) in [6.07, 6.45) is 2.49. The summed E-state index contributed by atoms with van der Waals surface area (Å²) in [5.74, 6) is 6.17. The Hall–Kier alpha value is -2.72. The van der Waals surface area contributed by atoms with Crippen LogP contribution in [0.5, 0.6) is 0 Å². The van der Waals surface area contributed by atoms with Gasteiger partial charge in [0.2, 0.25) is 0 Å². The second kappa shape index (κ2) is 7.70. The van der Waals surface area contributed by atoms with Gasteiger partial charge in [0.25, 0.3) is 0 Å². The average Bonchev–Trinajstić information content (AvgIpc) is 2.56. The van der Waals surface area contributed by atoms with Crippen LogP contribution < -0.4 is 0 Å². The number of allylic oxidation sites excluding steroid dienone is 1. The predicted octanol–water partition coefficient (Wildman–Crippen LogP) is 3.72. The Balaban J connectivity index is 2.10. The Labute approximate surface area is 143 Å². The summed E-state index contributed by atoms with van der Waals surface area (Å²) in [5.41, 5.74) is 2.53. The molecule has 0 saturated carbocycles. The number of ether oxygens (including phenoxy) is 1. The molecule has 0 radical (unpaired) electrons. The second-order valence-electron chi connectivity index (χ2n) is 6.39. The first-order valence-corrected chi connectivity index (χ1v) is 8.09. The highest BCUT2D eigenvalue weighted by Crippen LogP contribution is 2.34. The third-order valence-electron chi connectivity index (χ3n) is 4.09. The fourth-order valence-electron chi connectivity index (χ4n) is 2.76. The maximum Gasteiger partial charge on any atom is 0.409 e. The van der Waals surface area contributed by atoms with Crippen molar-refractivity contribution in [3.8, 4) is 17.9 Å². The van der Waals surface area contributed by atoms with Crippen molar-refractivity contribution >= 4 is 6.09 Å². The number of benzene rings is 1. The molecule has 2 rings (SSSR count). The van der Waals surface area contributed by atoms with Crippen molar-refractivity contribution in [3.05, 3.63) is 47.0 Å². The number of rotatable bonds is 1. The van der Waals surface area contributed by atoms with Gasteiger partial charge in [0, 0.05) is 24.1 Å². The lowest BCUT2D eigenvalue weighted by Crippen LogP contribution is -2.45. The van der Waals surface area contributed by atoms with Crippen LogP contribution in [-0.2, 0) is 4.74 Å². The van der Waals surface area contributed by atoms with E-state index in [0.717, 1.165) is 12.0 Å². The molecule has 24 heavy (non-hydrogen) atoms. The summed E-state index contributed by atoms with van der Waals surface area (Å²) in [5, 5.41) is 8.92. The first-order valence-electron chi connectivity index (χ1n) is 8.09. The molecule has 0 unspecified atom stereocenters. The molecule has 1 fully saturated rings. The minimum atomic E-state index is -0.246. The van der Waals surface area contributed by atoms with Crippen molar-refractivity contribution < 1.29 is 9.53 Å². The summed E-state index contributed by atoms with van der Waals surface area (Å²) in [6, 6.07) is 9.37. The summed E-state index contributed by atoms with van der Waals surface area (Å²) >= 11 is 0. The van der Waals surface area contributed by atoms with E-state index in [1.807, 2.05) is 25.1 Å². The van der Waals surface area contributed by atoms with E-state index in [4.69, 9.17) is 10.00 Å². The number of piperidine rings is 1. The van der Waals surface area contributed by atoms with Crippen LogP contribution in [0.3, 0.4) is 0 Å². The number of carbonyl (C=O) groups excluding carboxylic acids is 1. The van der Waals surface area contributed by atoms with E-state index in [1.165, 1.54) is 5.57 Å². The van der Waals surface area contributed by atoms with E-state index < -0.39 is 0 Å². The Bertz CT molecular complexity index is 745. The standard InChI is InChI=1S/C20H22N2O2/c1-4-24-19(23)22-12-11-18(20(2,3)15-22)10-6-8-16-7-5-9-17(13-16)14-21/h5,7,9-10,13H,4,11-12,15H2,1-3H3/b18-10+. The number of amides is 1. The number of nitrogens with zero attached hydrogens (tertiary/aromatic N) is 2. The Morgan fingerprint density at radius 2 is 2.17 bits per heavy atom. The Morgan fingerprint density at radius 1 is 1.42 bits per heavy atom. The van der Waals surface area contributed by atoms with Gasteiger partial charge in [0.15, 0.2) is 0 Å². The lowest BCUT2D eigenvalue weighted by Gasteiger charge is -2.39. The van der Waals surface area contributed by atoms with Gasteiger partial charge in [0.1, 0.15) is 0 Å². The topological polar surface area (TPSA) is 53.3 Å². The van der Waals surface area contributed by atoms with Gasteiger partial charge in [-0.2, -0.15) is 5.26 Å². The van der Waals surface area contributed by atoms with Crippen LogP contribution in [0.1, 0.15) is 38.3 Å². The third-order valence-corrected chi connectivity index (χ3v) is 4.09. The monoisotopic (exact) mass is 322 g/mol. The lowest BCUT2D eigenvalue weighted by atomic mass is 9.79. The minimum absolute atomic E-state index is 0.131. The van der Waals surface area contributed by atoms with Crippen LogP contribution in [0.2, 0.25) is 0 Å². The highest BCUT2D eigenvalue weighted by molar-refractivity contribution is 5.68. The van der Waals surface area contributed by atoms with Gasteiger partial charge in [-0.1, -0.05) is 37.3 Å². The normalized spacial score (nSPS) is 17.6. The van der Waals surface area contributed by atoms with Crippen LogP contribution in [-0.4, -0.2) is 30.7 Å². The molecule has 4 heteroatoms. The van der Waals surface area contributed by atoms with Gasteiger partial charge in [0.05, 0.1) is 18.2 Å². The zero-order valence-electron chi connectivity index (χ0n) is 14.4. The van der Waals surface area contributed by atoms with Crippen molar-refractivity contribution in [2.75, 3.05) is 19.7 Å². The van der Waals surface area contributed by atoms with Gasteiger partial charge in [-0.3, -0.25) is 0 Å². The number of hydrogen-bond donors (Lipinski definition) is 0. The molecule has 1 aliphatic rings. The van der Waals surface area contributed by atoms with Gasteiger partial charge < -0.3 is 9.64 Å². The number of likely N-dealkylation sites (tertiary alicyclic amines) is 1. The molecule has 0 spiro atoms. The van der Waals surface area contributed by atoms with E-state index in [2.05, 4.69) is 31.8 Å². The average molecular weight is 322 g/mol. The lowest BCUT2D eigenvalue weighted by molar-refractivity contribution is 0.0862. The van der Waals surface area contributed by atoms with Crippen LogP contribution in [0.25, 0.3) is 0 Å². The molecular formula is C20H22N2O2. The molecule has 0 aromatic heterocycles. The van der Waals surface area contributed by atoms with E-state index >= 15 is 0 Å². The largest absolute Gasteiger partial charge is 0.450 e. The SMILES string of the molecule is CCOC(=O)N1CC/C(=C\C#Cc2cccc(C#N)c2)C(C)(C)C1. The van der Waals surface area contributed by atoms with E-state index in [-0.39, 0.29) is 11.5 Å². The van der Waals surface area contributed by atoms with Gasteiger partial charge in [-0.15, -0.1) is 0 Å². The zero-order valence-corrected chi connectivity index (χ0v) is 14.4. The minimum Gasteiger partial charge on any atom is -0.450 e. The number of nitriles is 1. The molecule has 1 aromatic carbocycles. The molecule has 0 aliphatic carbocycles. The summed E-state index contributed by atoms with van der Waals surface area (Å²) in [7, 11) is 0. The highest BCUT2D eigenvalue weighted by Gasteiger charge is 2.33. The first-order chi connectivity index (χ1) is 11.5. The molecule has 124 valence electrons. The quantitative estimate of drug-likeness (QED) is 0.740. The molecular weight excluding hydrogens is 300 g/mol. The fraction of sp³-hybridized carbons (Fsp3) is 0.400. The summed E-state index contributed by atoms with van der Waals surface area (Å²) in [6.45, 7) is 7.72. The Kier molecular flexibility index (Phi) is 5.66. The molecule has 0 N–H and O–H groups in total. The maximum absolute atomic E-state index is 11.9. The van der Waals surface area contributed by atoms with E-state index in [0.29, 0.717) is 25.3 Å². The van der Waals surface area contributed by atoms with Crippen molar-refractivity contribution in [2.24, 2.45) is 5.41 Å². The van der Waals surface area contributed by atoms with Gasteiger partial charge >= 0.3 is 6.09 Å². The van der Waals surface area contributed by atoms with Crippen LogP contribution in [0.4, 0.5) is 4.79 Å². The maximum atomic E-state index is 11.9. The molecule has 1 aliphatic heterocycles. The molecule has 0 atom stereocenters. The van der Waals surface area contributed by atoms with Gasteiger partial charge in [-0.05, 0) is 37.6 Å². The highest BCUT2D eigenvalue weighted by atomic mass is 16.6. The number of hydrogen-bond acceptors (Lipinski definition) is 3. The first kappa shape index (κ1) is 17.6. The predicted molar refractivity (Wildman–Crippen MR) is 93.1 cm³/mol. The molecule has 1 aromatic rings. The summed E-state index contributed by atoms with van der Waals surface area (Å²) in [4.78, 5) is 13.6. The van der Waals surface area contributed by atoms with Crippen molar-refractivity contribution in [1.29, 1.82) is 5.26 Å². The van der Waals surface area contributed by atoms with Crippen molar-refractivity contribution in [1.82, 2.24) is 4.90 Å². The number of carbonyl (C=O) groups is 1. The molecule has 4 nitrogen and oxygen atoms in total. The summed E-state index contributed by atoms with van der Waals surface area (Å²) < 4.78 is 5.08. The molecule has 1 heterocycles. The van der Waals surface area contributed by atoms with Crippen molar-refractivity contribution in [3.63, 3.8) is 0 Å². The Morgan fingerprint density at radius 3 is 2.83 bits per heavy atom. The van der Waals surface area contributed by atoms with Gasteiger partial charge in [-0.25, -0.2) is 4.79 Å². The fourth-order valence-corrected chi connectivity index (χ4v) is 2.76. The molecule has 0 bridgehead atoms. The zero-order chi connectivity index (χ0) is 17.6. The molecule has 1 saturated heterocycles. The van der Waals surface area contributed by atoms with Crippen LogP contribution in [0, 0.1) is 28.6 Å². The van der Waals surface area contributed by atoms with E-state index in [9.17, 15) is 4.79 Å². The van der Waals surface area contributed by atoms with E-state index in [1.54, 1.807) is 17.0 Å². The van der Waals surface area contributed by atoms with Crippen LogP contribution >= 0.6 is 0 Å². The smallest absolute Gasteiger partial charge is 0.409 e.